The van der Waals surface area contributed by atoms with Gasteiger partial charge in [0.15, 0.2) is 30.1 Å². The maximum absolute atomic E-state index is 13.6. The van der Waals surface area contributed by atoms with Gasteiger partial charge in [-0.2, -0.15) is 0 Å². The number of fused-ring (bicyclic) bond motifs is 1. The lowest BCUT2D eigenvalue weighted by molar-refractivity contribution is -0.235. The highest BCUT2D eigenvalue weighted by Gasteiger charge is 2.60. The van der Waals surface area contributed by atoms with Gasteiger partial charge in [0, 0.05) is 6.42 Å². The van der Waals surface area contributed by atoms with Crippen molar-refractivity contribution in [2.45, 2.75) is 89.0 Å². The van der Waals surface area contributed by atoms with Crippen molar-refractivity contribution in [1.82, 2.24) is 5.32 Å². The Morgan fingerprint density at radius 2 is 1.56 bits per heavy atom. The van der Waals surface area contributed by atoms with E-state index >= 15 is 0 Å². The number of nitrogens with one attached hydrogen (secondary N) is 1. The fourth-order valence-electron chi connectivity index (χ4n) is 4.98. The van der Waals surface area contributed by atoms with Crippen LogP contribution in [-0.4, -0.2) is 67.0 Å². The normalized spacial score (nSPS) is 29.4. The third kappa shape index (κ3) is 6.77. The molecule has 4 unspecified atom stereocenters. The summed E-state index contributed by atoms with van der Waals surface area (Å²) < 4.78 is 41.3. The van der Waals surface area contributed by atoms with Crippen LogP contribution in [0.4, 0.5) is 4.79 Å². The number of benzene rings is 2. The minimum absolute atomic E-state index is 0.0666. The molecule has 3 aliphatic rings. The predicted octanol–water partition coefficient (Wildman–Crippen LogP) is 3.46. The molecule has 210 valence electrons. The summed E-state index contributed by atoms with van der Waals surface area (Å²) in [4.78, 5) is 26.4. The molecule has 0 aliphatic carbocycles. The Morgan fingerprint density at radius 1 is 0.897 bits per heavy atom. The van der Waals surface area contributed by atoms with Crippen LogP contribution in [0.3, 0.4) is 0 Å². The van der Waals surface area contributed by atoms with Crippen molar-refractivity contribution in [2.24, 2.45) is 0 Å². The third-order valence-electron chi connectivity index (χ3n) is 6.75. The van der Waals surface area contributed by atoms with Gasteiger partial charge in [0.25, 0.3) is 0 Å². The first-order valence-electron chi connectivity index (χ1n) is 13.1. The molecule has 0 aromatic heterocycles. The Hall–Kier alpha value is -3.02. The second-order valence-electron chi connectivity index (χ2n) is 10.8. The van der Waals surface area contributed by atoms with E-state index in [1.54, 1.807) is 27.7 Å². The van der Waals surface area contributed by atoms with Crippen LogP contribution in [0.25, 0.3) is 0 Å². The number of esters is 1. The molecular weight excluding hydrogens is 506 g/mol. The summed E-state index contributed by atoms with van der Waals surface area (Å²) in [6.07, 6.45) is -4.00. The van der Waals surface area contributed by atoms with Gasteiger partial charge in [-0.25, -0.2) is 9.59 Å². The Bertz CT molecular complexity index is 1140. The highest BCUT2D eigenvalue weighted by molar-refractivity contribution is 5.82. The Balaban J connectivity index is 1.31. The van der Waals surface area contributed by atoms with Crippen LogP contribution < -0.4 is 5.32 Å². The van der Waals surface area contributed by atoms with Gasteiger partial charge in [-0.3, -0.25) is 0 Å². The monoisotopic (exact) mass is 541 g/mol. The SMILES string of the molecule is CC1(C)OC2O[C@H](C3COC(C)(C)O3)C(OC(=O)[C@@H](Cc3ccccc3)NC(=O)OCc3ccccc3)C2O1. The molecule has 10 nitrogen and oxygen atoms in total. The summed E-state index contributed by atoms with van der Waals surface area (Å²) in [7, 11) is 0. The molecule has 1 N–H and O–H groups in total. The molecular formula is C29H35NO9. The van der Waals surface area contributed by atoms with Crippen LogP contribution in [0.15, 0.2) is 60.7 Å². The average Bonchev–Trinajstić information content (AvgIpc) is 3.52. The summed E-state index contributed by atoms with van der Waals surface area (Å²) in [5.41, 5.74) is 1.67. The molecule has 0 saturated carbocycles. The molecule has 2 aromatic carbocycles. The quantitative estimate of drug-likeness (QED) is 0.502. The second kappa shape index (κ2) is 11.2. The Labute approximate surface area is 227 Å². The zero-order valence-corrected chi connectivity index (χ0v) is 22.5. The number of carbonyl (C=O) groups is 2. The summed E-state index contributed by atoms with van der Waals surface area (Å²) >= 11 is 0. The number of ether oxygens (including phenoxy) is 7. The van der Waals surface area contributed by atoms with Crippen molar-refractivity contribution in [3.63, 3.8) is 0 Å². The van der Waals surface area contributed by atoms with Crippen LogP contribution >= 0.6 is 0 Å². The molecule has 39 heavy (non-hydrogen) atoms. The maximum Gasteiger partial charge on any atom is 0.408 e. The summed E-state index contributed by atoms with van der Waals surface area (Å²) in [5.74, 6) is -2.37. The van der Waals surface area contributed by atoms with Crippen LogP contribution in [0.5, 0.6) is 0 Å². The molecule has 3 heterocycles. The van der Waals surface area contributed by atoms with Crippen LogP contribution in [-0.2, 0) is 51.0 Å². The molecule has 3 fully saturated rings. The van der Waals surface area contributed by atoms with Gasteiger partial charge in [0.05, 0.1) is 6.61 Å². The molecule has 6 atom stereocenters. The Morgan fingerprint density at radius 3 is 2.21 bits per heavy atom. The minimum Gasteiger partial charge on any atom is -0.455 e. The summed E-state index contributed by atoms with van der Waals surface area (Å²) in [5, 5.41) is 2.68. The van der Waals surface area contributed by atoms with E-state index < -0.39 is 60.4 Å². The second-order valence-corrected chi connectivity index (χ2v) is 10.8. The first-order chi connectivity index (χ1) is 18.6. The van der Waals surface area contributed by atoms with Crippen LogP contribution in [0, 0.1) is 0 Å². The highest BCUT2D eigenvalue weighted by Crippen LogP contribution is 2.42. The topological polar surface area (TPSA) is 111 Å². The lowest BCUT2D eigenvalue weighted by Crippen LogP contribution is -2.50. The van der Waals surface area contributed by atoms with Gasteiger partial charge in [-0.15, -0.1) is 0 Å². The van der Waals surface area contributed by atoms with Crippen molar-refractivity contribution in [2.75, 3.05) is 6.61 Å². The number of carbonyl (C=O) groups excluding carboxylic acids is 2. The van der Waals surface area contributed by atoms with Gasteiger partial charge in [0.1, 0.15) is 24.9 Å². The fraction of sp³-hybridized carbons (Fsp3) is 0.517. The van der Waals surface area contributed by atoms with E-state index in [9.17, 15) is 9.59 Å². The van der Waals surface area contributed by atoms with Crippen molar-refractivity contribution in [3.8, 4) is 0 Å². The molecule has 2 aromatic rings. The van der Waals surface area contributed by atoms with Crippen molar-refractivity contribution in [1.29, 1.82) is 0 Å². The zero-order valence-electron chi connectivity index (χ0n) is 22.5. The summed E-state index contributed by atoms with van der Waals surface area (Å²) in [6.45, 7) is 7.47. The van der Waals surface area contributed by atoms with E-state index in [1.807, 2.05) is 60.7 Å². The predicted molar refractivity (Wildman–Crippen MR) is 137 cm³/mol. The van der Waals surface area contributed by atoms with Crippen molar-refractivity contribution in [3.05, 3.63) is 71.8 Å². The van der Waals surface area contributed by atoms with E-state index in [0.29, 0.717) is 0 Å². The number of hydrogen-bond acceptors (Lipinski definition) is 9. The van der Waals surface area contributed by atoms with E-state index in [1.165, 1.54) is 0 Å². The average molecular weight is 542 g/mol. The maximum atomic E-state index is 13.6. The lowest BCUT2D eigenvalue weighted by atomic mass is 10.0. The van der Waals surface area contributed by atoms with Gasteiger partial charge in [0.2, 0.25) is 0 Å². The van der Waals surface area contributed by atoms with E-state index in [4.69, 9.17) is 33.2 Å². The number of hydrogen-bond donors (Lipinski definition) is 1. The highest BCUT2D eigenvalue weighted by atomic mass is 16.8. The zero-order chi connectivity index (χ0) is 27.6. The van der Waals surface area contributed by atoms with Gasteiger partial charge >= 0.3 is 12.1 Å². The van der Waals surface area contributed by atoms with Gasteiger partial charge < -0.3 is 38.5 Å². The van der Waals surface area contributed by atoms with Crippen molar-refractivity contribution >= 4 is 12.1 Å². The van der Waals surface area contributed by atoms with Crippen molar-refractivity contribution < 1.29 is 42.7 Å². The first kappa shape index (κ1) is 27.5. The first-order valence-corrected chi connectivity index (χ1v) is 13.1. The molecule has 3 aliphatic heterocycles. The smallest absolute Gasteiger partial charge is 0.408 e. The molecule has 5 rings (SSSR count). The molecule has 0 radical (unpaired) electrons. The molecule has 0 bridgehead atoms. The summed E-state index contributed by atoms with van der Waals surface area (Å²) in [6, 6.07) is 17.6. The van der Waals surface area contributed by atoms with Crippen LogP contribution in [0.1, 0.15) is 38.8 Å². The van der Waals surface area contributed by atoms with Gasteiger partial charge in [-0.05, 0) is 38.8 Å². The molecule has 3 saturated heterocycles. The number of amides is 1. The fourth-order valence-corrected chi connectivity index (χ4v) is 4.98. The molecule has 0 spiro atoms. The standard InChI is InChI=1S/C29H35NO9/c1-28(2)34-17-21(37-28)22-23(24-26(36-22)39-29(3,4)38-24)35-25(31)20(15-18-11-7-5-8-12-18)30-27(32)33-16-19-13-9-6-10-14-19/h5-14,20-24,26H,15-17H2,1-4H3,(H,30,32)/t20-,21?,22-,23?,24?,26?/m1/s1. The van der Waals surface area contributed by atoms with E-state index in [0.717, 1.165) is 11.1 Å². The minimum atomic E-state index is -1.03. The molecule has 10 heteroatoms. The van der Waals surface area contributed by atoms with Crippen LogP contribution in [0.2, 0.25) is 0 Å². The number of rotatable bonds is 8. The van der Waals surface area contributed by atoms with E-state index in [-0.39, 0.29) is 19.6 Å². The Kier molecular flexibility index (Phi) is 7.93. The number of alkyl carbamates (subject to hydrolysis) is 1. The largest absolute Gasteiger partial charge is 0.455 e. The van der Waals surface area contributed by atoms with E-state index in [2.05, 4.69) is 5.32 Å². The van der Waals surface area contributed by atoms with Gasteiger partial charge in [-0.1, -0.05) is 60.7 Å². The lowest BCUT2D eigenvalue weighted by Gasteiger charge is -2.30. The third-order valence-corrected chi connectivity index (χ3v) is 6.75. The molecule has 1 amide bonds.